The summed E-state index contributed by atoms with van der Waals surface area (Å²) in [6.45, 7) is 6.11. The molecule has 0 saturated heterocycles. The first-order chi connectivity index (χ1) is 13.2. The quantitative estimate of drug-likeness (QED) is 0.679. The van der Waals surface area contributed by atoms with E-state index in [2.05, 4.69) is 24.1 Å². The zero-order valence-electron chi connectivity index (χ0n) is 17.2. The number of rotatable bonds is 9. The standard InChI is InChI=1S/C22H29ClN2O3/c1-22(2,15-25(3)4)14-24-21(26)17-8-11-19(20(12-17)27-5)28-13-16-6-9-18(23)10-7-16/h6-12H,13-15H2,1-5H3,(H,24,26). The molecule has 0 saturated carbocycles. The Balaban J connectivity index is 2.01. The van der Waals surface area contributed by atoms with E-state index in [4.69, 9.17) is 21.1 Å². The fraction of sp³-hybridized carbons (Fsp3) is 0.409. The lowest BCUT2D eigenvalue weighted by molar-refractivity contribution is 0.0928. The van der Waals surface area contributed by atoms with Crippen LogP contribution in [-0.4, -0.2) is 45.1 Å². The summed E-state index contributed by atoms with van der Waals surface area (Å²) in [6.07, 6.45) is 0. The smallest absolute Gasteiger partial charge is 0.251 e. The van der Waals surface area contributed by atoms with Crippen molar-refractivity contribution in [1.29, 1.82) is 0 Å². The second kappa shape index (κ2) is 9.80. The number of hydrogen-bond acceptors (Lipinski definition) is 4. The summed E-state index contributed by atoms with van der Waals surface area (Å²) in [5.74, 6) is 0.977. The molecule has 6 heteroatoms. The number of halogens is 1. The lowest BCUT2D eigenvalue weighted by atomic mass is 9.93. The van der Waals surface area contributed by atoms with Gasteiger partial charge in [0.1, 0.15) is 6.61 Å². The number of nitrogens with zero attached hydrogens (tertiary/aromatic N) is 1. The van der Waals surface area contributed by atoms with E-state index in [-0.39, 0.29) is 11.3 Å². The van der Waals surface area contributed by atoms with Gasteiger partial charge in [-0.2, -0.15) is 0 Å². The third kappa shape index (κ3) is 6.73. The average Bonchev–Trinajstić information content (AvgIpc) is 2.64. The molecule has 0 aliphatic carbocycles. The van der Waals surface area contributed by atoms with Crippen molar-refractivity contribution < 1.29 is 14.3 Å². The molecule has 2 rings (SSSR count). The third-order valence-electron chi connectivity index (χ3n) is 4.21. The zero-order chi connectivity index (χ0) is 20.7. The maximum absolute atomic E-state index is 12.5. The third-order valence-corrected chi connectivity index (χ3v) is 4.46. The van der Waals surface area contributed by atoms with Gasteiger partial charge in [0.15, 0.2) is 11.5 Å². The topological polar surface area (TPSA) is 50.8 Å². The molecule has 0 aliphatic rings. The number of methoxy groups -OCH3 is 1. The molecule has 0 aromatic heterocycles. The number of carbonyl (C=O) groups excluding carboxylic acids is 1. The van der Waals surface area contributed by atoms with Crippen LogP contribution in [0.2, 0.25) is 5.02 Å². The van der Waals surface area contributed by atoms with Gasteiger partial charge in [-0.3, -0.25) is 4.79 Å². The van der Waals surface area contributed by atoms with E-state index in [9.17, 15) is 4.79 Å². The number of carbonyl (C=O) groups is 1. The van der Waals surface area contributed by atoms with Gasteiger partial charge in [-0.05, 0) is 55.4 Å². The number of amides is 1. The normalized spacial score (nSPS) is 11.4. The zero-order valence-corrected chi connectivity index (χ0v) is 18.0. The van der Waals surface area contributed by atoms with Crippen LogP contribution in [0.3, 0.4) is 0 Å². The Labute approximate surface area is 172 Å². The molecule has 1 N–H and O–H groups in total. The van der Waals surface area contributed by atoms with Crippen LogP contribution in [0.4, 0.5) is 0 Å². The molecule has 0 heterocycles. The number of benzene rings is 2. The first kappa shape index (κ1) is 22.1. The van der Waals surface area contributed by atoms with Crippen molar-refractivity contribution in [1.82, 2.24) is 10.2 Å². The van der Waals surface area contributed by atoms with Gasteiger partial charge in [-0.25, -0.2) is 0 Å². The monoisotopic (exact) mass is 404 g/mol. The number of ether oxygens (including phenoxy) is 2. The Bertz CT molecular complexity index is 789. The molecule has 0 radical (unpaired) electrons. The minimum absolute atomic E-state index is 0.0229. The molecular weight excluding hydrogens is 376 g/mol. The van der Waals surface area contributed by atoms with Crippen molar-refractivity contribution >= 4 is 17.5 Å². The van der Waals surface area contributed by atoms with Gasteiger partial charge < -0.3 is 19.7 Å². The first-order valence-corrected chi connectivity index (χ1v) is 9.56. The maximum Gasteiger partial charge on any atom is 0.251 e. The highest BCUT2D eigenvalue weighted by molar-refractivity contribution is 6.30. The van der Waals surface area contributed by atoms with Crippen LogP contribution in [0.25, 0.3) is 0 Å². The van der Waals surface area contributed by atoms with Crippen molar-refractivity contribution in [3.05, 3.63) is 58.6 Å². The van der Waals surface area contributed by atoms with Gasteiger partial charge in [0.2, 0.25) is 0 Å². The Kier molecular flexibility index (Phi) is 7.72. The number of nitrogens with one attached hydrogen (secondary N) is 1. The predicted octanol–water partition coefficient (Wildman–Crippen LogP) is 4.25. The highest BCUT2D eigenvalue weighted by Gasteiger charge is 2.20. The van der Waals surface area contributed by atoms with Crippen LogP contribution in [0.5, 0.6) is 11.5 Å². The van der Waals surface area contributed by atoms with Gasteiger partial charge in [0.05, 0.1) is 7.11 Å². The fourth-order valence-electron chi connectivity index (χ4n) is 3.00. The van der Waals surface area contributed by atoms with Gasteiger partial charge in [-0.15, -0.1) is 0 Å². The summed E-state index contributed by atoms with van der Waals surface area (Å²) in [5.41, 5.74) is 1.51. The second-order valence-electron chi connectivity index (χ2n) is 7.87. The number of hydrogen-bond donors (Lipinski definition) is 1. The Morgan fingerprint density at radius 3 is 2.39 bits per heavy atom. The maximum atomic E-state index is 12.5. The highest BCUT2D eigenvalue weighted by Crippen LogP contribution is 2.29. The molecule has 0 fully saturated rings. The van der Waals surface area contributed by atoms with Crippen LogP contribution in [0.1, 0.15) is 29.8 Å². The SMILES string of the molecule is COc1cc(C(=O)NCC(C)(C)CN(C)C)ccc1OCc1ccc(Cl)cc1. The molecular formula is C22H29ClN2O3. The summed E-state index contributed by atoms with van der Waals surface area (Å²) in [4.78, 5) is 14.6. The molecule has 1 amide bonds. The van der Waals surface area contributed by atoms with E-state index in [1.807, 2.05) is 38.4 Å². The van der Waals surface area contributed by atoms with Crippen LogP contribution < -0.4 is 14.8 Å². The van der Waals surface area contributed by atoms with Crippen LogP contribution in [0, 0.1) is 5.41 Å². The molecule has 152 valence electrons. The minimum Gasteiger partial charge on any atom is -0.493 e. The lowest BCUT2D eigenvalue weighted by Crippen LogP contribution is -2.39. The fourth-order valence-corrected chi connectivity index (χ4v) is 3.13. The van der Waals surface area contributed by atoms with Crippen LogP contribution >= 0.6 is 11.6 Å². The summed E-state index contributed by atoms with van der Waals surface area (Å²) < 4.78 is 11.3. The Morgan fingerprint density at radius 2 is 1.79 bits per heavy atom. The highest BCUT2D eigenvalue weighted by atomic mass is 35.5. The molecule has 0 bridgehead atoms. The van der Waals surface area contributed by atoms with E-state index >= 15 is 0 Å². The van der Waals surface area contributed by atoms with Gasteiger partial charge in [-0.1, -0.05) is 37.6 Å². The summed E-state index contributed by atoms with van der Waals surface area (Å²) in [5, 5.41) is 3.69. The molecule has 0 spiro atoms. The van der Waals surface area contributed by atoms with E-state index in [1.165, 1.54) is 0 Å². The molecule has 0 unspecified atom stereocenters. The molecule has 5 nitrogen and oxygen atoms in total. The first-order valence-electron chi connectivity index (χ1n) is 9.18. The lowest BCUT2D eigenvalue weighted by Gasteiger charge is -2.28. The summed E-state index contributed by atoms with van der Waals surface area (Å²) >= 11 is 5.90. The molecule has 2 aromatic carbocycles. The van der Waals surface area contributed by atoms with Crippen molar-refractivity contribution in [2.75, 3.05) is 34.3 Å². The van der Waals surface area contributed by atoms with Gasteiger partial charge in [0, 0.05) is 23.7 Å². The van der Waals surface area contributed by atoms with Gasteiger partial charge >= 0.3 is 0 Å². The minimum atomic E-state index is -0.130. The largest absolute Gasteiger partial charge is 0.493 e. The average molecular weight is 405 g/mol. The molecule has 28 heavy (non-hydrogen) atoms. The van der Waals surface area contributed by atoms with Crippen LogP contribution in [0.15, 0.2) is 42.5 Å². The Hall–Kier alpha value is -2.24. The van der Waals surface area contributed by atoms with Crippen LogP contribution in [-0.2, 0) is 6.61 Å². The molecule has 0 aliphatic heterocycles. The van der Waals surface area contributed by atoms with Crippen molar-refractivity contribution in [3.63, 3.8) is 0 Å². The van der Waals surface area contributed by atoms with Crippen molar-refractivity contribution in [3.8, 4) is 11.5 Å². The summed E-state index contributed by atoms with van der Waals surface area (Å²) in [6, 6.07) is 12.7. The van der Waals surface area contributed by atoms with E-state index < -0.39 is 0 Å². The predicted molar refractivity (Wildman–Crippen MR) is 113 cm³/mol. The molecule has 0 atom stereocenters. The van der Waals surface area contributed by atoms with Crippen molar-refractivity contribution in [2.45, 2.75) is 20.5 Å². The second-order valence-corrected chi connectivity index (χ2v) is 8.30. The Morgan fingerprint density at radius 1 is 1.11 bits per heavy atom. The van der Waals surface area contributed by atoms with E-state index in [0.717, 1.165) is 12.1 Å². The van der Waals surface area contributed by atoms with Gasteiger partial charge in [0.25, 0.3) is 5.91 Å². The van der Waals surface area contributed by atoms with E-state index in [0.29, 0.717) is 35.2 Å². The molecule has 2 aromatic rings. The van der Waals surface area contributed by atoms with Crippen molar-refractivity contribution in [2.24, 2.45) is 5.41 Å². The van der Waals surface area contributed by atoms with E-state index in [1.54, 1.807) is 25.3 Å². The summed E-state index contributed by atoms with van der Waals surface area (Å²) in [7, 11) is 5.61.